The normalized spacial score (nSPS) is 9.71. The monoisotopic (exact) mass is 303 g/mol. The smallest absolute Gasteiger partial charge is 0.330 e. The summed E-state index contributed by atoms with van der Waals surface area (Å²) in [5.41, 5.74) is 1.15. The number of nitriles is 1. The summed E-state index contributed by atoms with van der Waals surface area (Å²) in [4.78, 5) is 22.5. The summed E-state index contributed by atoms with van der Waals surface area (Å²) < 4.78 is 4.63. The van der Waals surface area contributed by atoms with Gasteiger partial charge in [0, 0.05) is 17.8 Å². The Kier molecular flexibility index (Phi) is 6.57. The van der Waals surface area contributed by atoms with E-state index in [-0.39, 0.29) is 11.7 Å². The van der Waals surface area contributed by atoms with E-state index in [4.69, 9.17) is 17.5 Å². The van der Waals surface area contributed by atoms with Gasteiger partial charge in [0.15, 0.2) is 5.11 Å². The van der Waals surface area contributed by atoms with Crippen LogP contribution in [0.25, 0.3) is 0 Å². The van der Waals surface area contributed by atoms with Crippen molar-refractivity contribution in [2.75, 3.05) is 11.9 Å². The van der Waals surface area contributed by atoms with Crippen molar-refractivity contribution in [2.24, 2.45) is 0 Å². The highest BCUT2D eigenvalue weighted by molar-refractivity contribution is 7.80. The standard InChI is InChI=1S/C14H13N3O3S/c1-2-20-13(19)8-7-12(18)17-14(21)16-11-5-3-10(9-15)4-6-11/h3-8H,2H2,1H3,(H2,16,17,18,21)/b8-7+. The van der Waals surface area contributed by atoms with E-state index in [1.165, 1.54) is 0 Å². The van der Waals surface area contributed by atoms with Crippen LogP contribution in [0.4, 0.5) is 5.69 Å². The Hall–Kier alpha value is -2.72. The molecule has 0 saturated carbocycles. The first kappa shape index (κ1) is 16.3. The zero-order valence-corrected chi connectivity index (χ0v) is 12.1. The molecule has 0 aliphatic heterocycles. The van der Waals surface area contributed by atoms with E-state index in [1.807, 2.05) is 6.07 Å². The van der Waals surface area contributed by atoms with Crippen LogP contribution < -0.4 is 10.6 Å². The molecule has 0 atom stereocenters. The quantitative estimate of drug-likeness (QED) is 0.497. The zero-order valence-electron chi connectivity index (χ0n) is 11.3. The minimum Gasteiger partial charge on any atom is -0.463 e. The minimum atomic E-state index is -0.599. The molecule has 0 fully saturated rings. The Bertz CT molecular complexity index is 603. The first-order valence-electron chi connectivity index (χ1n) is 6.02. The van der Waals surface area contributed by atoms with Crippen molar-refractivity contribution >= 4 is 34.9 Å². The van der Waals surface area contributed by atoms with Gasteiger partial charge >= 0.3 is 5.97 Å². The molecule has 0 spiro atoms. The highest BCUT2D eigenvalue weighted by atomic mass is 32.1. The van der Waals surface area contributed by atoms with E-state index >= 15 is 0 Å². The molecule has 1 amide bonds. The molecule has 0 aromatic heterocycles. The minimum absolute atomic E-state index is 0.0817. The van der Waals surface area contributed by atoms with Gasteiger partial charge in [-0.1, -0.05) is 0 Å². The highest BCUT2D eigenvalue weighted by Crippen LogP contribution is 2.08. The number of hydrogen-bond acceptors (Lipinski definition) is 5. The van der Waals surface area contributed by atoms with Crippen LogP contribution in [0.2, 0.25) is 0 Å². The maximum Gasteiger partial charge on any atom is 0.330 e. The maximum atomic E-state index is 11.5. The van der Waals surface area contributed by atoms with Crippen LogP contribution in [-0.4, -0.2) is 23.6 Å². The Morgan fingerprint density at radius 3 is 2.57 bits per heavy atom. The number of hydrogen-bond donors (Lipinski definition) is 2. The van der Waals surface area contributed by atoms with Gasteiger partial charge in [0.1, 0.15) is 0 Å². The molecule has 0 aliphatic carbocycles. The van der Waals surface area contributed by atoms with Crippen LogP contribution >= 0.6 is 12.2 Å². The molecular formula is C14H13N3O3S. The Balaban J connectivity index is 2.47. The second kappa shape index (κ2) is 8.45. The number of carbonyl (C=O) groups is 2. The van der Waals surface area contributed by atoms with Crippen molar-refractivity contribution in [1.29, 1.82) is 5.26 Å². The molecule has 1 aromatic carbocycles. The van der Waals surface area contributed by atoms with Crippen molar-refractivity contribution in [3.8, 4) is 6.07 Å². The average Bonchev–Trinajstić information content (AvgIpc) is 2.46. The molecule has 0 saturated heterocycles. The molecule has 0 unspecified atom stereocenters. The number of esters is 1. The third-order valence-electron chi connectivity index (χ3n) is 2.17. The van der Waals surface area contributed by atoms with E-state index in [0.29, 0.717) is 11.3 Å². The van der Waals surface area contributed by atoms with E-state index in [0.717, 1.165) is 12.2 Å². The van der Waals surface area contributed by atoms with Crippen LogP contribution in [0, 0.1) is 11.3 Å². The summed E-state index contributed by atoms with van der Waals surface area (Å²) in [6, 6.07) is 8.55. The lowest BCUT2D eigenvalue weighted by molar-refractivity contribution is -0.137. The first-order chi connectivity index (χ1) is 10.0. The molecule has 0 bridgehead atoms. The summed E-state index contributed by atoms with van der Waals surface area (Å²) in [6.07, 6.45) is 2.05. The van der Waals surface area contributed by atoms with Crippen LogP contribution in [-0.2, 0) is 14.3 Å². The second-order valence-corrected chi connectivity index (χ2v) is 4.13. The lowest BCUT2D eigenvalue weighted by Gasteiger charge is -2.07. The number of benzene rings is 1. The molecule has 0 radical (unpaired) electrons. The zero-order chi connectivity index (χ0) is 15.7. The Morgan fingerprint density at radius 1 is 1.33 bits per heavy atom. The van der Waals surface area contributed by atoms with Gasteiger partial charge in [0.05, 0.1) is 18.2 Å². The number of anilines is 1. The van der Waals surface area contributed by atoms with E-state index in [2.05, 4.69) is 15.4 Å². The lowest BCUT2D eigenvalue weighted by atomic mass is 10.2. The topological polar surface area (TPSA) is 91.2 Å². The fraction of sp³-hybridized carbons (Fsp3) is 0.143. The predicted molar refractivity (Wildman–Crippen MR) is 81.3 cm³/mol. The molecule has 6 nitrogen and oxygen atoms in total. The lowest BCUT2D eigenvalue weighted by Crippen LogP contribution is -2.32. The summed E-state index contributed by atoms with van der Waals surface area (Å²) in [5.74, 6) is -1.15. The molecule has 7 heteroatoms. The SMILES string of the molecule is CCOC(=O)/C=C/C(=O)NC(=S)Nc1ccc(C#N)cc1. The molecule has 0 aliphatic rings. The summed E-state index contributed by atoms with van der Waals surface area (Å²) in [7, 11) is 0. The number of rotatable bonds is 4. The van der Waals surface area contributed by atoms with Crippen LogP contribution in [0.15, 0.2) is 36.4 Å². The molecule has 21 heavy (non-hydrogen) atoms. The number of amides is 1. The number of nitrogens with one attached hydrogen (secondary N) is 2. The fourth-order valence-corrected chi connectivity index (χ4v) is 1.50. The molecule has 1 aromatic rings. The van der Waals surface area contributed by atoms with Gasteiger partial charge in [0.25, 0.3) is 0 Å². The number of ether oxygens (including phenoxy) is 1. The average molecular weight is 303 g/mol. The summed E-state index contributed by atoms with van der Waals surface area (Å²) in [5, 5.41) is 13.9. The molecule has 2 N–H and O–H groups in total. The third kappa shape index (κ3) is 6.31. The van der Waals surface area contributed by atoms with Gasteiger partial charge in [-0.05, 0) is 43.4 Å². The van der Waals surface area contributed by atoms with Crippen molar-refractivity contribution in [3.05, 3.63) is 42.0 Å². The van der Waals surface area contributed by atoms with E-state index in [9.17, 15) is 9.59 Å². The fourth-order valence-electron chi connectivity index (χ4n) is 1.28. The van der Waals surface area contributed by atoms with Gasteiger partial charge in [-0.25, -0.2) is 4.79 Å². The number of thiocarbonyl (C=S) groups is 1. The maximum absolute atomic E-state index is 11.5. The molecular weight excluding hydrogens is 290 g/mol. The van der Waals surface area contributed by atoms with Crippen molar-refractivity contribution < 1.29 is 14.3 Å². The molecule has 0 heterocycles. The molecule has 1 rings (SSSR count). The molecule has 108 valence electrons. The van der Waals surface area contributed by atoms with Gasteiger partial charge in [-0.15, -0.1) is 0 Å². The van der Waals surface area contributed by atoms with Crippen molar-refractivity contribution in [2.45, 2.75) is 6.92 Å². The number of nitrogens with zero attached hydrogens (tertiary/aromatic N) is 1. The van der Waals surface area contributed by atoms with Gasteiger partial charge in [-0.2, -0.15) is 5.26 Å². The summed E-state index contributed by atoms with van der Waals surface area (Å²) in [6.45, 7) is 1.91. The first-order valence-corrected chi connectivity index (χ1v) is 6.43. The Morgan fingerprint density at radius 2 is 2.00 bits per heavy atom. The van der Waals surface area contributed by atoms with E-state index < -0.39 is 11.9 Å². The van der Waals surface area contributed by atoms with Crippen LogP contribution in [0.1, 0.15) is 12.5 Å². The van der Waals surface area contributed by atoms with Gasteiger partial charge in [0.2, 0.25) is 5.91 Å². The summed E-state index contributed by atoms with van der Waals surface area (Å²) >= 11 is 4.95. The van der Waals surface area contributed by atoms with Gasteiger partial charge < -0.3 is 10.1 Å². The highest BCUT2D eigenvalue weighted by Gasteiger charge is 2.03. The second-order valence-electron chi connectivity index (χ2n) is 3.72. The van der Waals surface area contributed by atoms with Crippen molar-refractivity contribution in [1.82, 2.24) is 5.32 Å². The van der Waals surface area contributed by atoms with Crippen LogP contribution in [0.3, 0.4) is 0 Å². The number of carbonyl (C=O) groups excluding carboxylic acids is 2. The van der Waals surface area contributed by atoms with Crippen LogP contribution in [0.5, 0.6) is 0 Å². The van der Waals surface area contributed by atoms with Crippen molar-refractivity contribution in [3.63, 3.8) is 0 Å². The predicted octanol–water partition coefficient (Wildman–Crippen LogP) is 1.49. The Labute approximate surface area is 127 Å². The largest absolute Gasteiger partial charge is 0.463 e. The van der Waals surface area contributed by atoms with E-state index in [1.54, 1.807) is 31.2 Å². The third-order valence-corrected chi connectivity index (χ3v) is 2.37. The van der Waals surface area contributed by atoms with Gasteiger partial charge in [-0.3, -0.25) is 10.1 Å².